The van der Waals surface area contributed by atoms with Crippen LogP contribution < -0.4 is 5.73 Å². The van der Waals surface area contributed by atoms with E-state index in [1.165, 1.54) is 10.8 Å². The first-order chi connectivity index (χ1) is 34.0. The number of nitrogens with one attached hydrogen (secondary N) is 1. The van der Waals surface area contributed by atoms with Crippen LogP contribution >= 0.6 is 0 Å². The molecule has 0 amide bonds. The molecular formula is C63H42N6. The van der Waals surface area contributed by atoms with E-state index in [2.05, 4.69) is 191 Å². The largest absolute Gasteiger partial charge is 0.398 e. The summed E-state index contributed by atoms with van der Waals surface area (Å²) in [6, 6.07) is 78.6. The van der Waals surface area contributed by atoms with Crippen molar-refractivity contribution in [3.8, 4) is 56.4 Å². The monoisotopic (exact) mass is 882 g/mol. The van der Waals surface area contributed by atoms with Gasteiger partial charge in [0, 0.05) is 66.4 Å². The Morgan fingerprint density at radius 2 is 0.899 bits per heavy atom. The lowest BCUT2D eigenvalue weighted by Gasteiger charge is -2.17. The van der Waals surface area contributed by atoms with Crippen molar-refractivity contribution in [1.29, 1.82) is 5.41 Å². The Kier molecular flexibility index (Phi) is 9.37. The van der Waals surface area contributed by atoms with Gasteiger partial charge in [0.15, 0.2) is 5.82 Å². The summed E-state index contributed by atoms with van der Waals surface area (Å²) >= 11 is 0. The fourth-order valence-corrected chi connectivity index (χ4v) is 10.2. The van der Waals surface area contributed by atoms with Crippen LogP contribution in [0.3, 0.4) is 0 Å². The molecule has 1 aliphatic rings. The zero-order valence-electron chi connectivity index (χ0n) is 37.4. The van der Waals surface area contributed by atoms with Gasteiger partial charge in [0.1, 0.15) is 0 Å². The van der Waals surface area contributed by atoms with E-state index in [1.54, 1.807) is 0 Å². The molecule has 6 nitrogen and oxygen atoms in total. The van der Waals surface area contributed by atoms with Crippen molar-refractivity contribution in [2.75, 3.05) is 0 Å². The summed E-state index contributed by atoms with van der Waals surface area (Å²) in [6.07, 6.45) is 4.01. The van der Waals surface area contributed by atoms with Crippen molar-refractivity contribution in [3.05, 3.63) is 253 Å². The van der Waals surface area contributed by atoms with Crippen molar-refractivity contribution in [2.24, 2.45) is 5.73 Å². The third-order valence-electron chi connectivity index (χ3n) is 13.5. The maximum absolute atomic E-state index is 9.04. The summed E-state index contributed by atoms with van der Waals surface area (Å²) in [5.41, 5.74) is 24.6. The number of hydrogen-bond donors (Lipinski definition) is 2. The van der Waals surface area contributed by atoms with Crippen LogP contribution in [-0.4, -0.2) is 24.8 Å². The Morgan fingerprint density at radius 1 is 0.391 bits per heavy atom. The summed E-state index contributed by atoms with van der Waals surface area (Å²) < 4.78 is 4.76. The molecule has 0 atom stereocenters. The molecule has 69 heavy (non-hydrogen) atoms. The van der Waals surface area contributed by atoms with Crippen molar-refractivity contribution in [2.45, 2.75) is 0 Å². The zero-order chi connectivity index (χ0) is 46.0. The Labute approximate surface area is 398 Å². The van der Waals surface area contributed by atoms with Crippen LogP contribution in [0.25, 0.3) is 112 Å². The van der Waals surface area contributed by atoms with E-state index in [9.17, 15) is 0 Å². The van der Waals surface area contributed by atoms with Crippen LogP contribution in [0.15, 0.2) is 236 Å². The molecule has 12 aromatic rings. The molecule has 3 heterocycles. The Bertz CT molecular complexity index is 3990. The molecule has 0 saturated heterocycles. The molecule has 0 bridgehead atoms. The van der Waals surface area contributed by atoms with Gasteiger partial charge in [-0.05, 0) is 82.9 Å². The highest BCUT2D eigenvalue weighted by Crippen LogP contribution is 2.40. The first-order valence-corrected chi connectivity index (χ1v) is 23.2. The van der Waals surface area contributed by atoms with Crippen molar-refractivity contribution < 1.29 is 0 Å². The van der Waals surface area contributed by atoms with E-state index < -0.39 is 0 Å². The van der Waals surface area contributed by atoms with Gasteiger partial charge in [-0.15, -0.1) is 0 Å². The van der Waals surface area contributed by atoms with E-state index in [0.29, 0.717) is 17.2 Å². The fraction of sp³-hybridized carbons (Fsp3) is 0. The average Bonchev–Trinajstić information content (AvgIpc) is 3.94. The summed E-state index contributed by atoms with van der Waals surface area (Å²) in [4.78, 5) is 10.7. The molecule has 3 aromatic heterocycles. The van der Waals surface area contributed by atoms with Gasteiger partial charge in [-0.1, -0.05) is 176 Å². The van der Waals surface area contributed by atoms with E-state index in [-0.39, 0.29) is 0 Å². The lowest BCUT2D eigenvalue weighted by Crippen LogP contribution is -2.13. The molecule has 0 unspecified atom stereocenters. The van der Waals surface area contributed by atoms with Crippen molar-refractivity contribution in [3.63, 3.8) is 0 Å². The number of fused-ring (bicyclic) bond motifs is 7. The van der Waals surface area contributed by atoms with Crippen LogP contribution in [0.4, 0.5) is 0 Å². The number of nitrogens with two attached hydrogens (primary N) is 1. The number of allylic oxidation sites excluding steroid dienone is 2. The van der Waals surface area contributed by atoms with Crippen LogP contribution in [-0.2, 0) is 0 Å². The van der Waals surface area contributed by atoms with E-state index in [4.69, 9.17) is 21.1 Å². The van der Waals surface area contributed by atoms with Crippen molar-refractivity contribution in [1.82, 2.24) is 19.1 Å². The number of para-hydroxylation sites is 3. The van der Waals surface area contributed by atoms with Gasteiger partial charge in [0.25, 0.3) is 0 Å². The molecule has 1 aliphatic carbocycles. The maximum Gasteiger partial charge on any atom is 0.160 e. The summed E-state index contributed by atoms with van der Waals surface area (Å²) in [6.45, 7) is 0. The molecule has 3 N–H and O–H groups in total. The first kappa shape index (κ1) is 39.9. The minimum absolute atomic E-state index is 0.433. The van der Waals surface area contributed by atoms with Gasteiger partial charge in [0.05, 0.1) is 39.2 Å². The second kappa shape index (κ2) is 16.2. The average molecular weight is 883 g/mol. The SMILES string of the molecule is N=C1/C(=C(\N)c2cccc(-c3ccc4c(c3)c3ccccc3n4-c3cc(-c4nc(-c5ccccc5)cc(-c5ccccc5)n4)cc(-n4c5ccccc5c5ccccc54)c3)c2)C=Cc2ccccc21. The number of nitrogens with zero attached hydrogens (tertiary/aromatic N) is 4. The van der Waals surface area contributed by atoms with Gasteiger partial charge in [0.2, 0.25) is 0 Å². The number of rotatable bonds is 7. The molecule has 9 aromatic carbocycles. The van der Waals surface area contributed by atoms with Crippen LogP contribution in [0.1, 0.15) is 16.7 Å². The Hall–Kier alpha value is -9.39. The van der Waals surface area contributed by atoms with E-state index >= 15 is 0 Å². The molecular weight excluding hydrogens is 841 g/mol. The normalized spacial score (nSPS) is 13.1. The highest BCUT2D eigenvalue weighted by atomic mass is 15.0. The lowest BCUT2D eigenvalue weighted by molar-refractivity contribution is 1.12. The first-order valence-electron chi connectivity index (χ1n) is 23.2. The molecule has 0 aliphatic heterocycles. The molecule has 0 saturated carbocycles. The minimum atomic E-state index is 0.433. The lowest BCUT2D eigenvalue weighted by atomic mass is 9.89. The Morgan fingerprint density at radius 3 is 1.52 bits per heavy atom. The van der Waals surface area contributed by atoms with Crippen LogP contribution in [0.5, 0.6) is 0 Å². The standard InChI is InChI=1S/C63H42N6/c64-61(53-32-30-40-16-7-8-23-49(40)62(53)65)45-22-15-21-43(34-45)44-31-33-60-54(37-44)52-26-11-14-29-59(52)69(60)48-36-46(35-47(38-48)68-57-27-12-9-24-50(57)51-25-10-13-28-58(51)68)63-66-55(41-17-3-1-4-18-41)39-56(67-63)42-19-5-2-6-20-42/h1-39,65H,64H2/b61-53-,65-62?. The summed E-state index contributed by atoms with van der Waals surface area (Å²) in [7, 11) is 0. The predicted molar refractivity (Wildman–Crippen MR) is 286 cm³/mol. The minimum Gasteiger partial charge on any atom is -0.398 e. The molecule has 324 valence electrons. The highest BCUT2D eigenvalue weighted by molar-refractivity contribution is 6.20. The summed E-state index contributed by atoms with van der Waals surface area (Å²) in [5.74, 6) is 0.638. The zero-order valence-corrected chi connectivity index (χ0v) is 37.4. The topological polar surface area (TPSA) is 85.5 Å². The molecule has 0 radical (unpaired) electrons. The van der Waals surface area contributed by atoms with Gasteiger partial charge in [-0.25, -0.2) is 9.97 Å². The predicted octanol–water partition coefficient (Wildman–Crippen LogP) is 15.1. The van der Waals surface area contributed by atoms with Crippen molar-refractivity contribution >= 4 is 61.1 Å². The number of benzene rings is 9. The quantitative estimate of drug-likeness (QED) is 0.167. The second-order valence-electron chi connectivity index (χ2n) is 17.6. The van der Waals surface area contributed by atoms with Gasteiger partial charge in [-0.2, -0.15) is 0 Å². The Balaban J connectivity index is 1.02. The van der Waals surface area contributed by atoms with Gasteiger partial charge < -0.3 is 14.9 Å². The fourth-order valence-electron chi connectivity index (χ4n) is 10.2. The third kappa shape index (κ3) is 6.77. The molecule has 0 fully saturated rings. The smallest absolute Gasteiger partial charge is 0.160 e. The summed E-state index contributed by atoms with van der Waals surface area (Å²) in [5, 5.41) is 13.7. The third-order valence-corrected chi connectivity index (χ3v) is 13.5. The number of hydrogen-bond acceptors (Lipinski definition) is 4. The maximum atomic E-state index is 9.04. The molecule has 0 spiro atoms. The number of aromatic nitrogens is 4. The van der Waals surface area contributed by atoms with E-state index in [0.717, 1.165) is 106 Å². The second-order valence-corrected chi connectivity index (χ2v) is 17.6. The molecule has 13 rings (SSSR count). The van der Waals surface area contributed by atoms with Gasteiger partial charge >= 0.3 is 0 Å². The van der Waals surface area contributed by atoms with Crippen LogP contribution in [0, 0.1) is 5.41 Å². The van der Waals surface area contributed by atoms with Gasteiger partial charge in [-0.3, -0.25) is 5.41 Å². The molecule has 6 heteroatoms. The highest BCUT2D eigenvalue weighted by Gasteiger charge is 2.21. The van der Waals surface area contributed by atoms with Crippen LogP contribution in [0.2, 0.25) is 0 Å². The van der Waals surface area contributed by atoms with E-state index in [1.807, 2.05) is 54.6 Å².